The van der Waals surface area contributed by atoms with Crippen molar-refractivity contribution in [3.63, 3.8) is 0 Å². The van der Waals surface area contributed by atoms with Gasteiger partial charge in [-0.3, -0.25) is 9.36 Å². The molecule has 1 aliphatic rings. The SMILES string of the molecule is CCOC(=O)C1=C(c2ccccc2)N=c2s/c(=C\c3cc(I)cc(I)c3OCc3ccc(F)cc3)c(=O)n2[C@@H]1c1ccc(OCC)cc1. The second-order valence-corrected chi connectivity index (χ2v) is 14.1. The lowest BCUT2D eigenvalue weighted by atomic mass is 9.93. The summed E-state index contributed by atoms with van der Waals surface area (Å²) in [5.41, 5.74) is 3.40. The maximum absolute atomic E-state index is 14.4. The van der Waals surface area contributed by atoms with E-state index in [0.717, 1.165) is 18.3 Å². The molecule has 0 spiro atoms. The Morgan fingerprint density at radius 3 is 2.38 bits per heavy atom. The molecule has 0 saturated heterocycles. The third-order valence-electron chi connectivity index (χ3n) is 7.50. The van der Waals surface area contributed by atoms with Crippen molar-refractivity contribution >= 4 is 74.3 Å². The quantitative estimate of drug-likeness (QED) is 0.109. The summed E-state index contributed by atoms with van der Waals surface area (Å²) >= 11 is 5.70. The highest BCUT2D eigenvalue weighted by Gasteiger charge is 2.35. The summed E-state index contributed by atoms with van der Waals surface area (Å²) in [7, 11) is 0. The number of carbonyl (C=O) groups excluding carboxylic acids is 1. The first-order valence-electron chi connectivity index (χ1n) is 15.1. The molecule has 11 heteroatoms. The van der Waals surface area contributed by atoms with E-state index in [-0.39, 0.29) is 30.2 Å². The molecule has 5 aromatic rings. The second-order valence-electron chi connectivity index (χ2n) is 10.7. The molecule has 0 amide bonds. The van der Waals surface area contributed by atoms with Gasteiger partial charge in [-0.15, -0.1) is 0 Å². The molecular weight excluding hydrogens is 857 g/mol. The summed E-state index contributed by atoms with van der Waals surface area (Å²) in [6.07, 6.45) is 1.81. The van der Waals surface area contributed by atoms with Crippen LogP contribution >= 0.6 is 56.5 Å². The number of thiazole rings is 1. The molecular formula is C37H29FI2N2O5S. The molecule has 1 aromatic heterocycles. The zero-order chi connectivity index (χ0) is 33.8. The van der Waals surface area contributed by atoms with E-state index in [1.807, 2.05) is 73.7 Å². The van der Waals surface area contributed by atoms with Gasteiger partial charge in [0.1, 0.15) is 23.9 Å². The number of rotatable bonds is 10. The number of nitrogens with zero attached hydrogens (tertiary/aromatic N) is 2. The van der Waals surface area contributed by atoms with Crippen molar-refractivity contribution in [2.75, 3.05) is 13.2 Å². The lowest BCUT2D eigenvalue weighted by molar-refractivity contribution is -0.138. The van der Waals surface area contributed by atoms with Gasteiger partial charge in [0.2, 0.25) is 0 Å². The van der Waals surface area contributed by atoms with Crippen molar-refractivity contribution in [3.05, 3.63) is 151 Å². The summed E-state index contributed by atoms with van der Waals surface area (Å²) in [6.45, 7) is 4.55. The van der Waals surface area contributed by atoms with E-state index in [0.29, 0.717) is 44.3 Å². The Hall–Kier alpha value is -3.82. The molecule has 244 valence electrons. The highest BCUT2D eigenvalue weighted by atomic mass is 127. The summed E-state index contributed by atoms with van der Waals surface area (Å²) in [4.78, 5) is 33.6. The van der Waals surface area contributed by atoms with E-state index < -0.39 is 12.0 Å². The fraction of sp³-hybridized carbons (Fsp3) is 0.162. The molecule has 2 heterocycles. The van der Waals surface area contributed by atoms with Crippen molar-refractivity contribution in [2.24, 2.45) is 4.99 Å². The Morgan fingerprint density at radius 2 is 1.69 bits per heavy atom. The number of hydrogen-bond acceptors (Lipinski definition) is 7. The molecule has 7 nitrogen and oxygen atoms in total. The Balaban J connectivity index is 1.55. The van der Waals surface area contributed by atoms with Crippen molar-refractivity contribution < 1.29 is 23.4 Å². The molecule has 0 fully saturated rings. The normalized spacial score (nSPS) is 14.4. The molecule has 0 bridgehead atoms. The monoisotopic (exact) mass is 886 g/mol. The van der Waals surface area contributed by atoms with Crippen LogP contribution in [-0.4, -0.2) is 23.8 Å². The van der Waals surface area contributed by atoms with E-state index in [1.165, 1.54) is 23.5 Å². The first kappa shape index (κ1) is 34.1. The van der Waals surface area contributed by atoms with E-state index in [9.17, 15) is 14.0 Å². The van der Waals surface area contributed by atoms with Crippen molar-refractivity contribution in [1.29, 1.82) is 0 Å². The predicted octanol–water partition coefficient (Wildman–Crippen LogP) is 7.26. The van der Waals surface area contributed by atoms with Crippen LogP contribution in [0.3, 0.4) is 0 Å². The standard InChI is InChI=1S/C37H29FI2N2O5S/c1-3-45-28-16-12-24(13-17-28)33-31(36(44)46-4-2)32(23-8-6-5-7-9-23)41-37-42(33)35(43)30(48-37)19-25-18-27(39)20-29(40)34(25)47-21-22-10-14-26(38)15-11-22/h5-20,33H,3-4,21H2,1-2H3/b30-19-/t33-/m1/s1. The molecule has 0 radical (unpaired) electrons. The van der Waals surface area contributed by atoms with Gasteiger partial charge in [0.05, 0.1) is 38.6 Å². The average Bonchev–Trinajstić information content (AvgIpc) is 3.39. The fourth-order valence-electron chi connectivity index (χ4n) is 5.39. The van der Waals surface area contributed by atoms with Crippen LogP contribution in [-0.2, 0) is 16.1 Å². The Kier molecular flexibility index (Phi) is 10.8. The van der Waals surface area contributed by atoms with Gasteiger partial charge in [0.25, 0.3) is 5.56 Å². The third kappa shape index (κ3) is 7.27. The minimum absolute atomic E-state index is 0.163. The smallest absolute Gasteiger partial charge is 0.338 e. The summed E-state index contributed by atoms with van der Waals surface area (Å²) in [6, 6.07) is 26.1. The molecule has 0 saturated carbocycles. The van der Waals surface area contributed by atoms with Crippen LogP contribution < -0.4 is 24.4 Å². The average molecular weight is 887 g/mol. The molecule has 0 aliphatic carbocycles. The second kappa shape index (κ2) is 15.2. The molecule has 0 unspecified atom stereocenters. The van der Waals surface area contributed by atoms with Gasteiger partial charge < -0.3 is 14.2 Å². The number of benzene rings is 4. The van der Waals surface area contributed by atoms with Gasteiger partial charge in [0.15, 0.2) is 4.80 Å². The van der Waals surface area contributed by atoms with Gasteiger partial charge in [-0.1, -0.05) is 65.9 Å². The van der Waals surface area contributed by atoms with E-state index in [2.05, 4.69) is 45.2 Å². The van der Waals surface area contributed by atoms with Crippen LogP contribution in [0, 0.1) is 13.0 Å². The number of esters is 1. The number of fused-ring (bicyclic) bond motifs is 1. The number of aromatic nitrogens is 1. The van der Waals surface area contributed by atoms with Crippen LogP contribution in [0.25, 0.3) is 11.8 Å². The van der Waals surface area contributed by atoms with Crippen molar-refractivity contribution in [3.8, 4) is 11.5 Å². The van der Waals surface area contributed by atoms with Gasteiger partial charge in [0, 0.05) is 14.7 Å². The zero-order valence-corrected chi connectivity index (χ0v) is 31.0. The van der Waals surface area contributed by atoms with Gasteiger partial charge in [-0.05, 0) is 113 Å². The van der Waals surface area contributed by atoms with Crippen LogP contribution in [0.5, 0.6) is 11.5 Å². The summed E-state index contributed by atoms with van der Waals surface area (Å²) in [5.74, 6) is 0.423. The molecule has 6 rings (SSSR count). The van der Waals surface area contributed by atoms with Crippen LogP contribution in [0.1, 0.15) is 42.1 Å². The topological polar surface area (TPSA) is 79.1 Å². The Morgan fingerprint density at radius 1 is 0.958 bits per heavy atom. The lowest BCUT2D eigenvalue weighted by Gasteiger charge is -2.26. The third-order valence-corrected chi connectivity index (χ3v) is 9.91. The van der Waals surface area contributed by atoms with Gasteiger partial charge >= 0.3 is 5.97 Å². The van der Waals surface area contributed by atoms with Crippen LogP contribution in [0.2, 0.25) is 0 Å². The molecule has 48 heavy (non-hydrogen) atoms. The molecule has 0 N–H and O–H groups in total. The first-order chi connectivity index (χ1) is 23.3. The number of carbonyl (C=O) groups is 1. The van der Waals surface area contributed by atoms with Crippen LogP contribution in [0.4, 0.5) is 4.39 Å². The minimum Gasteiger partial charge on any atom is -0.494 e. The van der Waals surface area contributed by atoms with Gasteiger partial charge in [-0.2, -0.15) is 0 Å². The number of halogens is 3. The fourth-order valence-corrected chi connectivity index (χ4v) is 8.42. The van der Waals surface area contributed by atoms with Crippen LogP contribution in [0.15, 0.2) is 106 Å². The number of hydrogen-bond donors (Lipinski definition) is 0. The minimum atomic E-state index is -0.807. The summed E-state index contributed by atoms with van der Waals surface area (Å²) in [5, 5.41) is 0. The largest absolute Gasteiger partial charge is 0.494 e. The zero-order valence-electron chi connectivity index (χ0n) is 25.9. The Labute approximate surface area is 307 Å². The molecule has 4 aromatic carbocycles. The maximum Gasteiger partial charge on any atom is 0.338 e. The van der Waals surface area contributed by atoms with Crippen molar-refractivity contribution in [1.82, 2.24) is 4.57 Å². The molecule has 1 aliphatic heterocycles. The first-order valence-corrected chi connectivity index (χ1v) is 18.1. The predicted molar refractivity (Wildman–Crippen MR) is 201 cm³/mol. The highest BCUT2D eigenvalue weighted by molar-refractivity contribution is 14.1. The summed E-state index contributed by atoms with van der Waals surface area (Å²) < 4.78 is 34.8. The maximum atomic E-state index is 14.4. The Bertz CT molecular complexity index is 2180. The lowest BCUT2D eigenvalue weighted by Crippen LogP contribution is -2.40. The van der Waals surface area contributed by atoms with Crippen molar-refractivity contribution in [2.45, 2.75) is 26.5 Å². The van der Waals surface area contributed by atoms with E-state index >= 15 is 0 Å². The number of ether oxygens (including phenoxy) is 3. The van der Waals surface area contributed by atoms with E-state index in [1.54, 1.807) is 29.7 Å². The van der Waals surface area contributed by atoms with Gasteiger partial charge in [-0.25, -0.2) is 14.2 Å². The highest BCUT2D eigenvalue weighted by Crippen LogP contribution is 2.36. The van der Waals surface area contributed by atoms with E-state index in [4.69, 9.17) is 19.2 Å². The molecule has 1 atom stereocenters.